The molecule has 3 aliphatic rings. The van der Waals surface area contributed by atoms with Gasteiger partial charge in [0.25, 0.3) is 0 Å². The second-order valence-corrected chi connectivity index (χ2v) is 18.9. The molecule has 3 heterocycles. The van der Waals surface area contributed by atoms with Crippen LogP contribution in [0.1, 0.15) is 233 Å². The molecular formula is C52H99N7O7. The smallest absolute Gasteiger partial charge is 0.326 e. The van der Waals surface area contributed by atoms with Crippen molar-refractivity contribution in [3.63, 3.8) is 0 Å². The van der Waals surface area contributed by atoms with Crippen LogP contribution in [0.4, 0.5) is 0 Å². The number of nitrogens with zero attached hydrogens (tertiary/aromatic N) is 3. The molecule has 0 bridgehead atoms. The van der Waals surface area contributed by atoms with Crippen LogP contribution in [0.25, 0.3) is 0 Å². The first-order chi connectivity index (χ1) is 32.1. The minimum Gasteiger partial charge on any atom is -0.480 e. The number of carbonyl (C=O) groups is 6. The molecule has 0 aromatic carbocycles. The van der Waals surface area contributed by atoms with Gasteiger partial charge in [-0.25, -0.2) is 4.79 Å². The molecule has 0 aromatic heterocycles. The number of amides is 5. The molecule has 0 spiro atoms. The Hall–Kier alpha value is -3.26. The van der Waals surface area contributed by atoms with Gasteiger partial charge in [-0.15, -0.1) is 0 Å². The number of unbranched alkanes of at least 4 members (excludes halogenated alkanes) is 19. The van der Waals surface area contributed by atoms with Crippen molar-refractivity contribution in [2.45, 2.75) is 251 Å². The Bertz CT molecular complexity index is 1240. The summed E-state index contributed by atoms with van der Waals surface area (Å²) in [7, 11) is 0. The second kappa shape index (κ2) is 40.8. The van der Waals surface area contributed by atoms with Gasteiger partial charge in [0, 0.05) is 52.0 Å². The van der Waals surface area contributed by atoms with E-state index in [-0.39, 0.29) is 41.6 Å². The monoisotopic (exact) mass is 934 g/mol. The summed E-state index contributed by atoms with van der Waals surface area (Å²) in [6, 6.07) is -1.09. The summed E-state index contributed by atoms with van der Waals surface area (Å²) in [6.45, 7) is 11.1. The van der Waals surface area contributed by atoms with E-state index in [9.17, 15) is 28.8 Å². The third kappa shape index (κ3) is 27.5. The summed E-state index contributed by atoms with van der Waals surface area (Å²) in [5.74, 6) is -0.551. The van der Waals surface area contributed by atoms with Crippen LogP contribution in [-0.2, 0) is 28.8 Å². The van der Waals surface area contributed by atoms with Crippen molar-refractivity contribution in [2.24, 2.45) is 11.5 Å². The van der Waals surface area contributed by atoms with E-state index < -0.39 is 12.0 Å². The SMILES string of the molecule is CCCCCCCCC(=O)N1CCC[C@@H]1C(=O)O.CCCCCCCCCCC(=O)N1CCC[C@@H]1C(=O)NCCCN.CCCCCCCCCCC(=O)N1CCC[C@H]1C(=O)NCCCN. The average molecular weight is 934 g/mol. The van der Waals surface area contributed by atoms with Gasteiger partial charge in [0.15, 0.2) is 0 Å². The predicted octanol–water partition coefficient (Wildman–Crippen LogP) is 8.76. The van der Waals surface area contributed by atoms with Gasteiger partial charge in [-0.3, -0.25) is 24.0 Å². The van der Waals surface area contributed by atoms with Crippen molar-refractivity contribution < 1.29 is 33.9 Å². The molecule has 7 N–H and O–H groups in total. The number of rotatable bonds is 34. The van der Waals surface area contributed by atoms with Gasteiger partial charge >= 0.3 is 5.97 Å². The molecule has 3 atom stereocenters. The largest absolute Gasteiger partial charge is 0.480 e. The Balaban J connectivity index is 0.000000501. The minimum absolute atomic E-state index is 0.00905. The summed E-state index contributed by atoms with van der Waals surface area (Å²) in [6.07, 6.45) is 34.7. The van der Waals surface area contributed by atoms with E-state index in [4.69, 9.17) is 16.6 Å². The Labute approximate surface area is 401 Å². The zero-order valence-corrected chi connectivity index (χ0v) is 42.4. The maximum atomic E-state index is 12.4. The number of carbonyl (C=O) groups excluding carboxylic acids is 5. The topological polar surface area (TPSA) is 208 Å². The van der Waals surface area contributed by atoms with Gasteiger partial charge in [-0.1, -0.05) is 143 Å². The second-order valence-electron chi connectivity index (χ2n) is 18.9. The lowest BCUT2D eigenvalue weighted by Gasteiger charge is -2.24. The fourth-order valence-corrected chi connectivity index (χ4v) is 9.17. The average Bonchev–Trinajstić information content (AvgIpc) is 4.12. The molecule has 0 unspecified atom stereocenters. The standard InChI is InChI=1S/2C19H37N3O2.C14H25NO3/c2*1-2-3-4-5-6-7-8-9-13-18(23)22-16-10-12-17(22)19(24)21-15-11-14-20;1-2-3-4-5-6-7-10-13(16)15-11-8-9-12(15)14(17)18/h2*17H,2-16,20H2,1H3,(H,21,24);12H,2-11H2,1H3,(H,17,18)/t2*17-;12-/m101/s1. The lowest BCUT2D eigenvalue weighted by Crippen LogP contribution is -2.46. The van der Waals surface area contributed by atoms with E-state index >= 15 is 0 Å². The maximum absolute atomic E-state index is 12.4. The first-order valence-corrected chi connectivity index (χ1v) is 27.1. The molecule has 14 nitrogen and oxygen atoms in total. The van der Waals surface area contributed by atoms with Crippen molar-refractivity contribution in [3.05, 3.63) is 0 Å². The number of hydrogen-bond acceptors (Lipinski definition) is 8. The Morgan fingerprint density at radius 2 is 0.697 bits per heavy atom. The van der Waals surface area contributed by atoms with Crippen LogP contribution in [0.15, 0.2) is 0 Å². The van der Waals surface area contributed by atoms with Crippen molar-refractivity contribution in [2.75, 3.05) is 45.8 Å². The molecule has 0 aromatic rings. The van der Waals surface area contributed by atoms with Crippen molar-refractivity contribution in [1.82, 2.24) is 25.3 Å². The van der Waals surface area contributed by atoms with Gasteiger partial charge in [-0.2, -0.15) is 0 Å². The molecule has 0 aliphatic carbocycles. The fraction of sp³-hybridized carbons (Fsp3) is 0.885. The first kappa shape index (κ1) is 60.8. The van der Waals surface area contributed by atoms with Crippen molar-refractivity contribution >= 4 is 35.5 Å². The highest BCUT2D eigenvalue weighted by Gasteiger charge is 2.35. The number of nitrogens with one attached hydrogen (secondary N) is 2. The van der Waals surface area contributed by atoms with E-state index in [1.165, 1.54) is 103 Å². The molecule has 3 fully saturated rings. The Morgan fingerprint density at radius 1 is 0.424 bits per heavy atom. The Morgan fingerprint density at radius 3 is 0.985 bits per heavy atom. The van der Waals surface area contributed by atoms with E-state index in [1.807, 2.05) is 0 Å². The number of likely N-dealkylation sites (tertiary alicyclic amines) is 3. The zero-order chi connectivity index (χ0) is 48.6. The van der Waals surface area contributed by atoms with Crippen LogP contribution in [0.3, 0.4) is 0 Å². The normalized spacial score (nSPS) is 17.8. The fourth-order valence-electron chi connectivity index (χ4n) is 9.17. The van der Waals surface area contributed by atoms with Crippen LogP contribution in [0.2, 0.25) is 0 Å². The molecule has 0 radical (unpaired) electrons. The zero-order valence-electron chi connectivity index (χ0n) is 42.4. The Kier molecular flexibility index (Phi) is 37.5. The molecule has 14 heteroatoms. The summed E-state index contributed by atoms with van der Waals surface area (Å²) in [5.41, 5.74) is 10.9. The number of nitrogens with two attached hydrogens (primary N) is 2. The molecule has 3 aliphatic heterocycles. The van der Waals surface area contributed by atoms with Crippen LogP contribution in [0.5, 0.6) is 0 Å². The van der Waals surface area contributed by atoms with Gasteiger partial charge < -0.3 is 41.9 Å². The minimum atomic E-state index is -0.858. The molecule has 3 saturated heterocycles. The lowest BCUT2D eigenvalue weighted by molar-refractivity contribution is -0.148. The van der Waals surface area contributed by atoms with E-state index in [2.05, 4.69) is 31.4 Å². The van der Waals surface area contributed by atoms with Gasteiger partial charge in [0.05, 0.1) is 0 Å². The molecular weight excluding hydrogens is 835 g/mol. The predicted molar refractivity (Wildman–Crippen MR) is 268 cm³/mol. The van der Waals surface area contributed by atoms with Crippen LogP contribution in [0, 0.1) is 0 Å². The van der Waals surface area contributed by atoms with E-state index in [1.54, 1.807) is 14.7 Å². The number of carboxylic acids is 1. The molecule has 5 amide bonds. The number of aliphatic carboxylic acids is 1. The highest BCUT2D eigenvalue weighted by Crippen LogP contribution is 2.22. The molecule has 0 saturated carbocycles. The van der Waals surface area contributed by atoms with E-state index in [0.29, 0.717) is 58.4 Å². The molecule has 66 heavy (non-hydrogen) atoms. The van der Waals surface area contributed by atoms with Crippen molar-refractivity contribution in [3.8, 4) is 0 Å². The van der Waals surface area contributed by atoms with Gasteiger partial charge in [0.1, 0.15) is 18.1 Å². The third-order valence-electron chi connectivity index (χ3n) is 13.2. The summed E-state index contributed by atoms with van der Waals surface area (Å²) < 4.78 is 0. The maximum Gasteiger partial charge on any atom is 0.326 e. The molecule has 384 valence electrons. The highest BCUT2D eigenvalue weighted by atomic mass is 16.4. The van der Waals surface area contributed by atoms with Crippen molar-refractivity contribution in [1.29, 1.82) is 0 Å². The van der Waals surface area contributed by atoms with Crippen LogP contribution in [-0.4, -0.2) is 119 Å². The quantitative estimate of drug-likeness (QED) is 0.0390. The summed E-state index contributed by atoms with van der Waals surface area (Å²) in [5, 5.41) is 14.8. The van der Waals surface area contributed by atoms with Crippen LogP contribution >= 0.6 is 0 Å². The lowest BCUT2D eigenvalue weighted by atomic mass is 10.1. The third-order valence-corrected chi connectivity index (χ3v) is 13.2. The number of hydrogen-bond donors (Lipinski definition) is 5. The highest BCUT2D eigenvalue weighted by molar-refractivity contribution is 5.89. The van der Waals surface area contributed by atoms with Gasteiger partial charge in [-0.05, 0) is 83.7 Å². The summed E-state index contributed by atoms with van der Waals surface area (Å²) in [4.78, 5) is 77.2. The summed E-state index contributed by atoms with van der Waals surface area (Å²) >= 11 is 0. The van der Waals surface area contributed by atoms with Gasteiger partial charge in [0.2, 0.25) is 29.5 Å². The number of carboxylic acid groups (broad SMARTS) is 1. The van der Waals surface area contributed by atoms with Crippen LogP contribution < -0.4 is 22.1 Å². The molecule has 3 rings (SSSR count). The van der Waals surface area contributed by atoms with E-state index in [0.717, 1.165) is 96.6 Å². The first-order valence-electron chi connectivity index (χ1n) is 27.1.